The van der Waals surface area contributed by atoms with Crippen molar-refractivity contribution in [2.45, 2.75) is 56.4 Å². The molecule has 2 aromatic rings. The van der Waals surface area contributed by atoms with Crippen molar-refractivity contribution in [2.24, 2.45) is 0 Å². The molecule has 1 aliphatic heterocycles. The lowest BCUT2D eigenvalue weighted by Gasteiger charge is -2.26. The molecule has 5 nitrogen and oxygen atoms in total. The number of piperidine rings is 1. The van der Waals surface area contributed by atoms with E-state index >= 15 is 0 Å². The van der Waals surface area contributed by atoms with Gasteiger partial charge in [-0.15, -0.1) is 0 Å². The van der Waals surface area contributed by atoms with Gasteiger partial charge in [-0.2, -0.15) is 4.31 Å². The first-order valence-corrected chi connectivity index (χ1v) is 12.4. The summed E-state index contributed by atoms with van der Waals surface area (Å²) >= 11 is 6.22. The Hall–Kier alpha value is -1.89. The first-order valence-electron chi connectivity index (χ1n) is 10.6. The van der Waals surface area contributed by atoms with Gasteiger partial charge in [0, 0.05) is 18.7 Å². The molecule has 1 saturated heterocycles. The van der Waals surface area contributed by atoms with Crippen molar-refractivity contribution in [1.82, 2.24) is 9.62 Å². The Balaban J connectivity index is 1.54. The highest BCUT2D eigenvalue weighted by molar-refractivity contribution is 7.89. The molecule has 0 spiro atoms. The van der Waals surface area contributed by atoms with Crippen molar-refractivity contribution in [3.63, 3.8) is 0 Å². The number of rotatable bonds is 5. The molecule has 4 rings (SSSR count). The third-order valence-electron chi connectivity index (χ3n) is 6.10. The maximum absolute atomic E-state index is 13.0. The van der Waals surface area contributed by atoms with Crippen molar-refractivity contribution in [2.75, 3.05) is 13.1 Å². The van der Waals surface area contributed by atoms with Crippen molar-refractivity contribution in [1.29, 1.82) is 0 Å². The number of aryl methyl sites for hydroxylation is 2. The molecule has 0 radical (unpaired) electrons. The van der Waals surface area contributed by atoms with E-state index < -0.39 is 10.0 Å². The van der Waals surface area contributed by atoms with E-state index in [0.29, 0.717) is 18.7 Å². The van der Waals surface area contributed by atoms with Gasteiger partial charge in [-0.05, 0) is 73.9 Å². The molecule has 1 atom stereocenters. The van der Waals surface area contributed by atoms with Crippen molar-refractivity contribution < 1.29 is 13.2 Å². The van der Waals surface area contributed by atoms with Gasteiger partial charge in [-0.1, -0.05) is 36.2 Å². The van der Waals surface area contributed by atoms with Crippen LogP contribution in [0.2, 0.25) is 5.02 Å². The summed E-state index contributed by atoms with van der Waals surface area (Å²) in [5.41, 5.74) is 4.10. The SMILES string of the molecule is CC(NC(=O)c1ccc(Cl)c(S(=O)(=O)N2CCCCC2)c1)c1ccc2c(c1)CCC2. The Morgan fingerprint density at radius 3 is 2.50 bits per heavy atom. The topological polar surface area (TPSA) is 66.5 Å². The average molecular weight is 447 g/mol. The largest absolute Gasteiger partial charge is 0.346 e. The van der Waals surface area contributed by atoms with Gasteiger partial charge in [0.25, 0.3) is 5.91 Å². The number of hydrogen-bond donors (Lipinski definition) is 1. The Kier molecular flexibility index (Phi) is 6.19. The summed E-state index contributed by atoms with van der Waals surface area (Å²) in [5, 5.41) is 3.13. The van der Waals surface area contributed by atoms with Crippen LogP contribution in [0.3, 0.4) is 0 Å². The van der Waals surface area contributed by atoms with Crippen LogP contribution in [-0.2, 0) is 22.9 Å². The van der Waals surface area contributed by atoms with E-state index in [1.54, 1.807) is 6.07 Å². The van der Waals surface area contributed by atoms with Crippen LogP contribution in [0.25, 0.3) is 0 Å². The highest BCUT2D eigenvalue weighted by Crippen LogP contribution is 2.29. The predicted octanol–water partition coefficient (Wildman–Crippen LogP) is 4.49. The van der Waals surface area contributed by atoms with Crippen molar-refractivity contribution in [3.8, 4) is 0 Å². The summed E-state index contributed by atoms with van der Waals surface area (Å²) in [7, 11) is -3.71. The Bertz CT molecular complexity index is 1060. The standard InChI is InChI=1S/C23H27ClN2O3S/c1-16(18-9-8-17-6-5-7-19(17)14-18)25-23(27)20-10-11-21(24)22(15-20)30(28,29)26-12-3-2-4-13-26/h8-11,14-16H,2-7,12-13H2,1H3,(H,25,27). The van der Waals surface area contributed by atoms with E-state index in [4.69, 9.17) is 11.6 Å². The van der Waals surface area contributed by atoms with Crippen molar-refractivity contribution in [3.05, 3.63) is 63.7 Å². The molecule has 1 heterocycles. The van der Waals surface area contributed by atoms with E-state index in [-0.39, 0.29) is 21.9 Å². The summed E-state index contributed by atoms with van der Waals surface area (Å²) in [6, 6.07) is 10.7. The number of sulfonamides is 1. The molecular weight excluding hydrogens is 420 g/mol. The number of benzene rings is 2. The summed E-state index contributed by atoms with van der Waals surface area (Å²) < 4.78 is 27.6. The third kappa shape index (κ3) is 4.27. The maximum Gasteiger partial charge on any atom is 0.251 e. The number of nitrogens with zero attached hydrogens (tertiary/aromatic N) is 1. The van der Waals surface area contributed by atoms with Gasteiger partial charge in [0.05, 0.1) is 11.1 Å². The van der Waals surface area contributed by atoms with Crippen LogP contribution in [0.15, 0.2) is 41.3 Å². The molecule has 0 bridgehead atoms. The van der Waals surface area contributed by atoms with E-state index in [9.17, 15) is 13.2 Å². The zero-order valence-corrected chi connectivity index (χ0v) is 18.7. The van der Waals surface area contributed by atoms with Gasteiger partial charge in [-0.3, -0.25) is 4.79 Å². The maximum atomic E-state index is 13.0. The van der Waals surface area contributed by atoms with Crippen LogP contribution in [0.4, 0.5) is 0 Å². The molecule has 2 aromatic carbocycles. The number of hydrogen-bond acceptors (Lipinski definition) is 3. The highest BCUT2D eigenvalue weighted by Gasteiger charge is 2.29. The number of nitrogens with one attached hydrogen (secondary N) is 1. The summed E-state index contributed by atoms with van der Waals surface area (Å²) in [5.74, 6) is -0.310. The van der Waals surface area contributed by atoms with E-state index in [2.05, 4.69) is 23.5 Å². The van der Waals surface area contributed by atoms with Crippen molar-refractivity contribution >= 4 is 27.5 Å². The Labute approximate surface area is 183 Å². The second kappa shape index (κ2) is 8.69. The van der Waals surface area contributed by atoms with Crippen LogP contribution < -0.4 is 5.32 Å². The summed E-state index contributed by atoms with van der Waals surface area (Å²) in [6.07, 6.45) is 6.10. The van der Waals surface area contributed by atoms with Crippen LogP contribution >= 0.6 is 11.6 Å². The number of fused-ring (bicyclic) bond motifs is 1. The lowest BCUT2D eigenvalue weighted by Crippen LogP contribution is -2.36. The molecular formula is C23H27ClN2O3S. The molecule has 0 aromatic heterocycles. The molecule has 7 heteroatoms. The quantitative estimate of drug-likeness (QED) is 0.735. The number of halogens is 1. The fraction of sp³-hybridized carbons (Fsp3) is 0.435. The minimum atomic E-state index is -3.71. The molecule has 2 aliphatic rings. The molecule has 160 valence electrons. The smallest absolute Gasteiger partial charge is 0.251 e. The molecule has 30 heavy (non-hydrogen) atoms. The second-order valence-corrected chi connectivity index (χ2v) is 10.5. The Morgan fingerprint density at radius 1 is 1.00 bits per heavy atom. The minimum absolute atomic E-state index is 0.00361. The predicted molar refractivity (Wildman–Crippen MR) is 118 cm³/mol. The van der Waals surface area contributed by atoms with Gasteiger partial charge in [-0.25, -0.2) is 8.42 Å². The zero-order valence-electron chi connectivity index (χ0n) is 17.2. The van der Waals surface area contributed by atoms with Crippen LogP contribution in [0.5, 0.6) is 0 Å². The van der Waals surface area contributed by atoms with Gasteiger partial charge >= 0.3 is 0 Å². The van der Waals surface area contributed by atoms with E-state index in [1.165, 1.54) is 34.0 Å². The molecule has 0 saturated carbocycles. The number of carbonyl (C=O) groups excluding carboxylic acids is 1. The normalized spacial score (nSPS) is 18.1. The number of amides is 1. The molecule has 1 fully saturated rings. The summed E-state index contributed by atoms with van der Waals surface area (Å²) in [4.78, 5) is 12.9. The van der Waals surface area contributed by atoms with E-state index in [1.807, 2.05) is 6.92 Å². The lowest BCUT2D eigenvalue weighted by molar-refractivity contribution is 0.0939. The van der Waals surface area contributed by atoms with Crippen LogP contribution in [0.1, 0.15) is 65.7 Å². The first-order chi connectivity index (χ1) is 14.4. The molecule has 1 amide bonds. The van der Waals surface area contributed by atoms with Crippen LogP contribution in [0, 0.1) is 0 Å². The molecule has 1 aliphatic carbocycles. The molecule has 1 N–H and O–H groups in total. The van der Waals surface area contributed by atoms with Gasteiger partial charge < -0.3 is 5.32 Å². The third-order valence-corrected chi connectivity index (χ3v) is 8.48. The fourth-order valence-electron chi connectivity index (χ4n) is 4.31. The van der Waals surface area contributed by atoms with Gasteiger partial charge in [0.2, 0.25) is 10.0 Å². The minimum Gasteiger partial charge on any atom is -0.346 e. The van der Waals surface area contributed by atoms with Gasteiger partial charge in [0.15, 0.2) is 0 Å². The zero-order chi connectivity index (χ0) is 21.3. The van der Waals surface area contributed by atoms with E-state index in [0.717, 1.165) is 37.7 Å². The Morgan fingerprint density at radius 2 is 1.73 bits per heavy atom. The van der Waals surface area contributed by atoms with Crippen LogP contribution in [-0.4, -0.2) is 31.7 Å². The second-order valence-electron chi connectivity index (χ2n) is 8.19. The molecule has 1 unspecified atom stereocenters. The average Bonchev–Trinajstić information content (AvgIpc) is 3.22. The monoisotopic (exact) mass is 446 g/mol. The van der Waals surface area contributed by atoms with Gasteiger partial charge in [0.1, 0.15) is 4.90 Å². The summed E-state index contributed by atoms with van der Waals surface area (Å²) in [6.45, 7) is 2.92. The fourth-order valence-corrected chi connectivity index (χ4v) is 6.33. The first kappa shape index (κ1) is 21.3. The number of carbonyl (C=O) groups is 1. The lowest BCUT2D eigenvalue weighted by atomic mass is 10.0. The highest BCUT2D eigenvalue weighted by atomic mass is 35.5.